The number of hydrogen-bond acceptors (Lipinski definition) is 2. The Morgan fingerprint density at radius 3 is 2.61 bits per heavy atom. The molecule has 0 radical (unpaired) electrons. The Bertz CT molecular complexity index is 423. The van der Waals surface area contributed by atoms with E-state index in [1.54, 1.807) is 6.92 Å². The van der Waals surface area contributed by atoms with Crippen LogP contribution in [-0.4, -0.2) is 40.4 Å². The molecule has 0 atom stereocenters. The minimum atomic E-state index is -4.41. The number of hydrogen-bond donors (Lipinski definition) is 0. The van der Waals surface area contributed by atoms with Crippen molar-refractivity contribution in [2.45, 2.75) is 13.1 Å². The molecule has 1 heterocycles. The Kier molecular flexibility index (Phi) is 5.13. The molecule has 0 fully saturated rings. The highest BCUT2D eigenvalue weighted by atomic mass is 79.9. The zero-order valence-electron chi connectivity index (χ0n) is 9.67. The van der Waals surface area contributed by atoms with Crippen molar-refractivity contribution in [2.24, 2.45) is 0 Å². The summed E-state index contributed by atoms with van der Waals surface area (Å²) in [4.78, 5) is 16.5. The highest BCUT2D eigenvalue weighted by Gasteiger charge is 2.33. The van der Waals surface area contributed by atoms with Gasteiger partial charge in [-0.3, -0.25) is 9.78 Å². The second kappa shape index (κ2) is 6.17. The van der Waals surface area contributed by atoms with Crippen molar-refractivity contribution in [3.05, 3.63) is 29.6 Å². The number of carbonyl (C=O) groups is 1. The highest BCUT2D eigenvalue weighted by Crippen LogP contribution is 2.18. The molecule has 3 nitrogen and oxygen atoms in total. The molecule has 1 aromatic rings. The topological polar surface area (TPSA) is 33.2 Å². The number of rotatable bonds is 4. The van der Waals surface area contributed by atoms with Gasteiger partial charge in [0.2, 0.25) is 0 Å². The fourth-order valence-corrected chi connectivity index (χ4v) is 1.85. The molecule has 0 bridgehead atoms. The van der Waals surface area contributed by atoms with E-state index in [0.29, 0.717) is 0 Å². The maximum atomic E-state index is 12.4. The summed E-state index contributed by atoms with van der Waals surface area (Å²) in [5.41, 5.74) is 0.895. The van der Waals surface area contributed by atoms with Gasteiger partial charge in [0.1, 0.15) is 6.54 Å². The van der Waals surface area contributed by atoms with E-state index in [4.69, 9.17) is 0 Å². The number of pyridine rings is 1. The maximum absolute atomic E-state index is 12.4. The molecular weight excluding hydrogens is 313 g/mol. The van der Waals surface area contributed by atoms with E-state index in [-0.39, 0.29) is 17.4 Å². The molecule has 0 saturated carbocycles. The van der Waals surface area contributed by atoms with Gasteiger partial charge < -0.3 is 4.90 Å². The van der Waals surface area contributed by atoms with E-state index in [9.17, 15) is 18.0 Å². The van der Waals surface area contributed by atoms with Gasteiger partial charge in [0.25, 0.3) is 5.91 Å². The maximum Gasteiger partial charge on any atom is 0.406 e. The Morgan fingerprint density at radius 2 is 2.11 bits per heavy atom. The Balaban J connectivity index is 2.89. The van der Waals surface area contributed by atoms with E-state index in [1.165, 1.54) is 18.5 Å². The summed E-state index contributed by atoms with van der Waals surface area (Å²) in [6.07, 6.45) is -1.60. The lowest BCUT2D eigenvalue weighted by molar-refractivity contribution is -0.140. The summed E-state index contributed by atoms with van der Waals surface area (Å²) in [6.45, 7) is 0.458. The van der Waals surface area contributed by atoms with Gasteiger partial charge in [0.15, 0.2) is 0 Å². The van der Waals surface area contributed by atoms with Gasteiger partial charge in [-0.05, 0) is 18.6 Å². The Morgan fingerprint density at radius 1 is 1.44 bits per heavy atom. The summed E-state index contributed by atoms with van der Waals surface area (Å²) < 4.78 is 37.1. The lowest BCUT2D eigenvalue weighted by Gasteiger charge is -2.23. The third-order valence-electron chi connectivity index (χ3n) is 2.13. The lowest BCUT2D eigenvalue weighted by atomic mass is 10.2. The minimum absolute atomic E-state index is 0.00765. The average Bonchev–Trinajstić information content (AvgIpc) is 2.26. The van der Waals surface area contributed by atoms with Crippen LogP contribution < -0.4 is 0 Å². The van der Waals surface area contributed by atoms with Crippen LogP contribution in [0.4, 0.5) is 13.2 Å². The van der Waals surface area contributed by atoms with Gasteiger partial charge in [-0.25, -0.2) is 0 Å². The van der Waals surface area contributed by atoms with Crippen molar-refractivity contribution < 1.29 is 18.0 Å². The third-order valence-corrected chi connectivity index (χ3v) is 2.49. The average molecular weight is 325 g/mol. The monoisotopic (exact) mass is 324 g/mol. The van der Waals surface area contributed by atoms with E-state index < -0.39 is 18.6 Å². The number of aryl methyl sites for hydroxylation is 1. The van der Waals surface area contributed by atoms with E-state index in [1.807, 2.05) is 0 Å². The molecule has 0 N–H and O–H groups in total. The van der Waals surface area contributed by atoms with Crippen LogP contribution in [0.5, 0.6) is 0 Å². The second-order valence-corrected chi connectivity index (χ2v) is 4.57. The smallest absolute Gasteiger partial charge is 0.329 e. The second-order valence-electron chi connectivity index (χ2n) is 3.78. The van der Waals surface area contributed by atoms with Crippen molar-refractivity contribution in [2.75, 3.05) is 18.4 Å². The number of amides is 1. The first kappa shape index (κ1) is 14.9. The number of aromatic nitrogens is 1. The van der Waals surface area contributed by atoms with Gasteiger partial charge in [0, 0.05) is 24.3 Å². The molecule has 1 rings (SSSR count). The fraction of sp³-hybridized carbons (Fsp3) is 0.455. The molecular formula is C11H12BrF3N2O. The molecule has 1 amide bonds. The standard InChI is InChI=1S/C11H12BrF3N2O/c1-8-4-9(6-16-5-8)10(18)17(3-2-12)7-11(13,14)15/h4-6H,2-3,7H2,1H3. The first-order valence-electron chi connectivity index (χ1n) is 5.17. The number of halogens is 4. The molecule has 0 saturated heterocycles. The molecule has 0 aliphatic rings. The predicted octanol–water partition coefficient (Wildman–Crippen LogP) is 2.79. The van der Waals surface area contributed by atoms with E-state index in [2.05, 4.69) is 20.9 Å². The zero-order chi connectivity index (χ0) is 13.8. The molecule has 100 valence electrons. The predicted molar refractivity (Wildman–Crippen MR) is 64.7 cm³/mol. The minimum Gasteiger partial charge on any atom is -0.329 e. The van der Waals surface area contributed by atoms with Crippen LogP contribution in [0.25, 0.3) is 0 Å². The molecule has 18 heavy (non-hydrogen) atoms. The molecule has 0 spiro atoms. The first-order valence-corrected chi connectivity index (χ1v) is 6.29. The molecule has 0 aliphatic carbocycles. The van der Waals surface area contributed by atoms with Crippen LogP contribution in [0.3, 0.4) is 0 Å². The van der Waals surface area contributed by atoms with E-state index >= 15 is 0 Å². The fourth-order valence-electron chi connectivity index (χ4n) is 1.43. The first-order chi connectivity index (χ1) is 8.33. The third kappa shape index (κ3) is 4.64. The van der Waals surface area contributed by atoms with Gasteiger partial charge in [-0.1, -0.05) is 15.9 Å². The summed E-state index contributed by atoms with van der Waals surface area (Å²) >= 11 is 3.04. The van der Waals surface area contributed by atoms with Crippen molar-refractivity contribution in [3.63, 3.8) is 0 Å². The summed E-state index contributed by atoms with van der Waals surface area (Å²) in [5.74, 6) is -0.664. The van der Waals surface area contributed by atoms with Crippen LogP contribution in [0.15, 0.2) is 18.5 Å². The SMILES string of the molecule is Cc1cncc(C(=O)N(CCBr)CC(F)(F)F)c1. The number of nitrogens with zero attached hydrogens (tertiary/aromatic N) is 2. The summed E-state index contributed by atoms with van der Waals surface area (Å²) in [5, 5.41) is 0.286. The molecule has 7 heteroatoms. The van der Waals surface area contributed by atoms with Gasteiger partial charge >= 0.3 is 6.18 Å². The normalized spacial score (nSPS) is 11.4. The van der Waals surface area contributed by atoms with Crippen LogP contribution in [-0.2, 0) is 0 Å². The molecule has 1 aromatic heterocycles. The van der Waals surface area contributed by atoms with Crippen LogP contribution in [0.2, 0.25) is 0 Å². The van der Waals surface area contributed by atoms with Crippen LogP contribution in [0, 0.1) is 6.92 Å². The van der Waals surface area contributed by atoms with Crippen LogP contribution in [0.1, 0.15) is 15.9 Å². The van der Waals surface area contributed by atoms with Crippen molar-refractivity contribution >= 4 is 21.8 Å². The van der Waals surface area contributed by atoms with E-state index in [0.717, 1.165) is 10.5 Å². The quantitative estimate of drug-likeness (QED) is 0.798. The molecule has 0 unspecified atom stereocenters. The Labute approximate surface area is 111 Å². The summed E-state index contributed by atoms with van der Waals surface area (Å²) in [6, 6.07) is 1.52. The highest BCUT2D eigenvalue weighted by molar-refractivity contribution is 9.09. The zero-order valence-corrected chi connectivity index (χ0v) is 11.3. The van der Waals surface area contributed by atoms with Gasteiger partial charge in [-0.15, -0.1) is 0 Å². The number of alkyl halides is 4. The van der Waals surface area contributed by atoms with Crippen molar-refractivity contribution in [3.8, 4) is 0 Å². The lowest BCUT2D eigenvalue weighted by Crippen LogP contribution is -2.40. The molecule has 0 aliphatic heterocycles. The number of carbonyl (C=O) groups excluding carboxylic acids is 1. The van der Waals surface area contributed by atoms with Gasteiger partial charge in [-0.2, -0.15) is 13.2 Å². The largest absolute Gasteiger partial charge is 0.406 e. The summed E-state index contributed by atoms with van der Waals surface area (Å²) in [7, 11) is 0. The Hall–Kier alpha value is -1.11. The van der Waals surface area contributed by atoms with Crippen LogP contribution >= 0.6 is 15.9 Å². The van der Waals surface area contributed by atoms with Crippen molar-refractivity contribution in [1.29, 1.82) is 0 Å². The van der Waals surface area contributed by atoms with Crippen molar-refractivity contribution in [1.82, 2.24) is 9.88 Å². The van der Waals surface area contributed by atoms with Gasteiger partial charge in [0.05, 0.1) is 5.56 Å². The molecule has 0 aromatic carbocycles.